The Bertz CT molecular complexity index is 1300. The summed E-state index contributed by atoms with van der Waals surface area (Å²) in [6.07, 6.45) is 1.29. The van der Waals surface area contributed by atoms with E-state index in [2.05, 4.69) is 0 Å². The van der Waals surface area contributed by atoms with E-state index >= 15 is 0 Å². The van der Waals surface area contributed by atoms with Crippen molar-refractivity contribution in [2.24, 2.45) is 0 Å². The monoisotopic (exact) mass is 478 g/mol. The molecule has 158 valence electrons. The number of hydrogen-bond donors (Lipinski definition) is 0. The van der Waals surface area contributed by atoms with Gasteiger partial charge in [-0.3, -0.25) is 4.31 Å². The summed E-state index contributed by atoms with van der Waals surface area (Å²) in [5.74, 6) is 0. The van der Waals surface area contributed by atoms with Crippen molar-refractivity contribution >= 4 is 47.2 Å². The minimum absolute atomic E-state index is 0.0672. The fraction of sp³-hybridized carbons (Fsp3) is 0.294. The molecule has 12 heteroatoms. The lowest BCUT2D eigenvalue weighted by Crippen LogP contribution is -2.29. The summed E-state index contributed by atoms with van der Waals surface area (Å²) in [5.41, 5.74) is 0.899. The highest BCUT2D eigenvalue weighted by Crippen LogP contribution is 2.37. The summed E-state index contributed by atoms with van der Waals surface area (Å²) in [7, 11) is -8.61. The van der Waals surface area contributed by atoms with Crippen molar-refractivity contribution in [1.29, 1.82) is 0 Å². The number of sulfonamides is 2. The zero-order valence-electron chi connectivity index (χ0n) is 15.8. The van der Waals surface area contributed by atoms with E-state index in [1.54, 1.807) is 0 Å². The van der Waals surface area contributed by atoms with Gasteiger partial charge in [0.15, 0.2) is 9.84 Å². The lowest BCUT2D eigenvalue weighted by molar-refractivity contribution is 0.520. The van der Waals surface area contributed by atoms with E-state index in [-0.39, 0.29) is 26.3 Å². The molecule has 0 bridgehead atoms. The van der Waals surface area contributed by atoms with Crippen LogP contribution in [0.2, 0.25) is 5.02 Å². The second-order valence-electron chi connectivity index (χ2n) is 6.77. The summed E-state index contributed by atoms with van der Waals surface area (Å²) in [6, 6.07) is 7.74. The van der Waals surface area contributed by atoms with Gasteiger partial charge in [0.25, 0.3) is 10.0 Å². The molecule has 8 nitrogen and oxygen atoms in total. The van der Waals surface area contributed by atoms with Crippen molar-refractivity contribution in [3.8, 4) is 0 Å². The van der Waals surface area contributed by atoms with E-state index in [0.29, 0.717) is 17.7 Å². The number of anilines is 1. The number of halogens is 1. The van der Waals surface area contributed by atoms with Gasteiger partial charge in [-0.15, -0.1) is 0 Å². The van der Waals surface area contributed by atoms with Crippen molar-refractivity contribution in [2.75, 3.05) is 31.2 Å². The molecule has 3 rings (SSSR count). The lowest BCUT2D eigenvalue weighted by atomic mass is 10.2. The lowest BCUT2D eigenvalue weighted by Gasteiger charge is -2.21. The zero-order valence-corrected chi connectivity index (χ0v) is 19.0. The first kappa shape index (κ1) is 22.0. The van der Waals surface area contributed by atoms with E-state index in [1.807, 2.05) is 0 Å². The van der Waals surface area contributed by atoms with Gasteiger partial charge in [-0.25, -0.2) is 29.6 Å². The zero-order chi connectivity index (χ0) is 21.8. The van der Waals surface area contributed by atoms with Crippen LogP contribution in [-0.2, 0) is 36.3 Å². The van der Waals surface area contributed by atoms with Crippen LogP contribution in [0.5, 0.6) is 0 Å². The molecule has 2 aromatic rings. The van der Waals surface area contributed by atoms with E-state index in [4.69, 9.17) is 11.6 Å². The topological polar surface area (TPSA) is 109 Å². The van der Waals surface area contributed by atoms with Crippen molar-refractivity contribution in [3.05, 3.63) is 47.0 Å². The fourth-order valence-electron chi connectivity index (χ4n) is 3.00. The van der Waals surface area contributed by atoms with Gasteiger partial charge in [0, 0.05) is 26.9 Å². The largest absolute Gasteiger partial charge is 0.266 e. The van der Waals surface area contributed by atoms with Gasteiger partial charge in [-0.05, 0) is 48.4 Å². The van der Waals surface area contributed by atoms with Gasteiger partial charge in [-0.2, -0.15) is 0 Å². The maximum atomic E-state index is 13.2. The van der Waals surface area contributed by atoms with Crippen molar-refractivity contribution in [1.82, 2.24) is 4.31 Å². The van der Waals surface area contributed by atoms with Gasteiger partial charge in [0.1, 0.15) is 4.90 Å². The van der Waals surface area contributed by atoms with Gasteiger partial charge in [0.2, 0.25) is 10.0 Å². The maximum Gasteiger partial charge on any atom is 0.265 e. The first-order valence-corrected chi connectivity index (χ1v) is 13.5. The Morgan fingerprint density at radius 2 is 1.55 bits per heavy atom. The number of fused-ring (bicyclic) bond motifs is 1. The van der Waals surface area contributed by atoms with Crippen LogP contribution in [0.25, 0.3) is 0 Å². The summed E-state index contributed by atoms with van der Waals surface area (Å²) < 4.78 is 76.9. The first-order valence-electron chi connectivity index (χ1n) is 8.34. The van der Waals surface area contributed by atoms with Crippen molar-refractivity contribution in [2.45, 2.75) is 21.1 Å². The minimum Gasteiger partial charge on any atom is -0.266 e. The Labute approximate surface area is 175 Å². The van der Waals surface area contributed by atoms with E-state index in [0.717, 1.165) is 20.9 Å². The molecule has 1 aliphatic rings. The summed E-state index contributed by atoms with van der Waals surface area (Å²) in [5, 5.41) is -0.0994. The van der Waals surface area contributed by atoms with E-state index in [9.17, 15) is 25.3 Å². The molecule has 1 aliphatic heterocycles. The third-order valence-electron chi connectivity index (χ3n) is 4.58. The Balaban J connectivity index is 2.09. The SMILES string of the molecule is CN(C)S(=O)(=O)c1ccc2c(c1)CCN2S(=O)(=O)c1cc(S(C)(=O)=O)ccc1Cl. The number of sulfone groups is 1. The first-order chi connectivity index (χ1) is 13.3. The molecule has 0 aliphatic carbocycles. The molecule has 0 fully saturated rings. The Morgan fingerprint density at radius 3 is 2.14 bits per heavy atom. The molecule has 2 aromatic carbocycles. The standard InChI is InChI=1S/C17H19ClN2O6S3/c1-19(2)28(23,24)14-5-7-16-12(10-14)8-9-20(16)29(25,26)17-11-13(27(3,21)22)4-6-15(17)18/h4-7,10-11H,8-9H2,1-3H3. The van der Waals surface area contributed by atoms with Crippen LogP contribution in [0.1, 0.15) is 5.56 Å². The van der Waals surface area contributed by atoms with Gasteiger partial charge in [0.05, 0.1) is 20.5 Å². The molecule has 29 heavy (non-hydrogen) atoms. The highest BCUT2D eigenvalue weighted by Gasteiger charge is 2.34. The van der Waals surface area contributed by atoms with Crippen LogP contribution >= 0.6 is 11.6 Å². The minimum atomic E-state index is -4.15. The number of benzene rings is 2. The highest BCUT2D eigenvalue weighted by molar-refractivity contribution is 7.93. The molecule has 0 saturated heterocycles. The molecule has 0 amide bonds. The Hall–Kier alpha value is -1.66. The molecule has 0 N–H and O–H groups in total. The van der Waals surface area contributed by atoms with Crippen LogP contribution in [0.4, 0.5) is 5.69 Å². The molecule has 0 aromatic heterocycles. The molecule has 0 saturated carbocycles. The average Bonchev–Trinajstić information content (AvgIpc) is 3.04. The second kappa shape index (κ2) is 7.24. The number of rotatable bonds is 5. The quantitative estimate of drug-likeness (QED) is 0.647. The summed E-state index contributed by atoms with van der Waals surface area (Å²) >= 11 is 6.07. The van der Waals surface area contributed by atoms with Crippen LogP contribution in [0.15, 0.2) is 51.1 Å². The van der Waals surface area contributed by atoms with Crippen LogP contribution < -0.4 is 4.31 Å². The van der Waals surface area contributed by atoms with Crippen LogP contribution in [0.3, 0.4) is 0 Å². The molecule has 0 spiro atoms. The third kappa shape index (κ3) is 3.89. The third-order valence-corrected chi connectivity index (χ3v) is 9.80. The molecule has 0 atom stereocenters. The summed E-state index contributed by atoms with van der Waals surface area (Å²) in [6.45, 7) is 0.0859. The van der Waals surface area contributed by atoms with Crippen molar-refractivity contribution < 1.29 is 25.3 Å². The molecule has 1 heterocycles. The van der Waals surface area contributed by atoms with E-state index < -0.39 is 29.9 Å². The second-order valence-corrected chi connectivity index (χ2v) is 13.2. The maximum absolute atomic E-state index is 13.2. The molecule has 0 radical (unpaired) electrons. The predicted octanol–water partition coefficient (Wildman–Crippen LogP) is 1.75. The number of hydrogen-bond acceptors (Lipinski definition) is 6. The number of nitrogens with zero attached hydrogens (tertiary/aromatic N) is 2. The summed E-state index contributed by atoms with van der Waals surface area (Å²) in [4.78, 5) is -0.412. The fourth-order valence-corrected chi connectivity index (χ4v) is 6.68. The van der Waals surface area contributed by atoms with E-state index in [1.165, 1.54) is 44.4 Å². The van der Waals surface area contributed by atoms with Crippen LogP contribution in [0, 0.1) is 0 Å². The van der Waals surface area contributed by atoms with Gasteiger partial charge in [-0.1, -0.05) is 11.6 Å². The van der Waals surface area contributed by atoms with Gasteiger partial charge >= 0.3 is 0 Å². The predicted molar refractivity (Wildman–Crippen MR) is 110 cm³/mol. The van der Waals surface area contributed by atoms with Crippen molar-refractivity contribution in [3.63, 3.8) is 0 Å². The normalized spacial score (nSPS) is 15.0. The molecule has 0 unspecified atom stereocenters. The average molecular weight is 479 g/mol. The highest BCUT2D eigenvalue weighted by atomic mass is 35.5. The van der Waals surface area contributed by atoms with Gasteiger partial charge < -0.3 is 0 Å². The smallest absolute Gasteiger partial charge is 0.265 e. The molecular weight excluding hydrogens is 460 g/mol. The van der Waals surface area contributed by atoms with Crippen LogP contribution in [-0.4, -0.2) is 56.5 Å². The Morgan fingerprint density at radius 1 is 0.931 bits per heavy atom. The molecular formula is C17H19ClN2O6S3. The Kier molecular flexibility index (Phi) is 5.50.